The van der Waals surface area contributed by atoms with Crippen molar-refractivity contribution in [2.75, 3.05) is 0 Å². The van der Waals surface area contributed by atoms with Gasteiger partial charge < -0.3 is 4.74 Å². The first-order valence-corrected chi connectivity index (χ1v) is 5.20. The number of hydrogen-bond donors (Lipinski definition) is 0. The van der Waals surface area contributed by atoms with Gasteiger partial charge in [0.15, 0.2) is 0 Å². The fraction of sp³-hybridized carbons (Fsp3) is 0.0769. The summed E-state index contributed by atoms with van der Waals surface area (Å²) in [5.74, 6) is 0.610. The van der Waals surface area contributed by atoms with Gasteiger partial charge in [0.2, 0.25) is 0 Å². The van der Waals surface area contributed by atoms with E-state index in [0.717, 1.165) is 12.3 Å². The molecule has 0 N–H and O–H groups in total. The van der Waals surface area contributed by atoms with E-state index in [4.69, 9.17) is 10.00 Å². The van der Waals surface area contributed by atoms with Gasteiger partial charge in [-0.05, 0) is 36.4 Å². The lowest BCUT2D eigenvalue weighted by atomic mass is 10.2. The number of rotatable bonds is 2. The van der Waals surface area contributed by atoms with Crippen molar-refractivity contribution >= 4 is 0 Å². The molecule has 1 aromatic heterocycles. The van der Waals surface area contributed by atoms with E-state index in [-0.39, 0.29) is 5.75 Å². The topological polar surface area (TPSA) is 45.9 Å². The Morgan fingerprint density at radius 2 is 1.63 bits per heavy atom. The van der Waals surface area contributed by atoms with Crippen LogP contribution in [0.5, 0.6) is 11.5 Å². The van der Waals surface area contributed by atoms with Gasteiger partial charge in [0.05, 0.1) is 17.8 Å². The molecule has 0 aliphatic carbocycles. The second-order valence-corrected chi connectivity index (χ2v) is 3.62. The fourth-order valence-electron chi connectivity index (χ4n) is 1.34. The summed E-state index contributed by atoms with van der Waals surface area (Å²) in [6.45, 7) is 0. The predicted octanol–water partition coefficient (Wildman–Crippen LogP) is 3.76. The predicted molar refractivity (Wildman–Crippen MR) is 60.5 cm³/mol. The van der Waals surface area contributed by atoms with Gasteiger partial charge in [0, 0.05) is 0 Å². The van der Waals surface area contributed by atoms with Gasteiger partial charge in [0.25, 0.3) is 0 Å². The first kappa shape index (κ1) is 12.9. The largest absolute Gasteiger partial charge is 0.456 e. The van der Waals surface area contributed by atoms with Gasteiger partial charge >= 0.3 is 6.18 Å². The number of hydrogen-bond acceptors (Lipinski definition) is 3. The van der Waals surface area contributed by atoms with Crippen LogP contribution in [0.3, 0.4) is 0 Å². The molecule has 0 spiro atoms. The number of pyridine rings is 1. The molecule has 0 aliphatic rings. The molecular formula is C13H7F3N2O. The lowest BCUT2D eigenvalue weighted by Crippen LogP contribution is -2.07. The molecule has 0 amide bonds. The molecule has 1 aromatic carbocycles. The maximum absolute atomic E-state index is 12.3. The van der Waals surface area contributed by atoms with Crippen molar-refractivity contribution in [1.82, 2.24) is 4.98 Å². The number of nitrogens with zero attached hydrogens (tertiary/aromatic N) is 2. The van der Waals surface area contributed by atoms with Crippen LogP contribution < -0.4 is 4.74 Å². The van der Waals surface area contributed by atoms with E-state index in [1.807, 2.05) is 6.07 Å². The van der Waals surface area contributed by atoms with Crippen LogP contribution in [0.1, 0.15) is 11.3 Å². The van der Waals surface area contributed by atoms with Gasteiger partial charge in [-0.3, -0.25) is 0 Å². The molecule has 0 atom stereocenters. The van der Waals surface area contributed by atoms with Crippen LogP contribution >= 0.6 is 0 Å². The Balaban J connectivity index is 2.13. The summed E-state index contributed by atoms with van der Waals surface area (Å²) in [4.78, 5) is 3.28. The molecule has 0 fully saturated rings. The van der Waals surface area contributed by atoms with Gasteiger partial charge in [0.1, 0.15) is 17.2 Å². The number of aromatic nitrogens is 1. The highest BCUT2D eigenvalue weighted by atomic mass is 19.4. The maximum Gasteiger partial charge on any atom is 0.433 e. The van der Waals surface area contributed by atoms with Crippen molar-refractivity contribution < 1.29 is 17.9 Å². The summed E-state index contributed by atoms with van der Waals surface area (Å²) < 4.78 is 42.2. The second kappa shape index (κ2) is 4.98. The van der Waals surface area contributed by atoms with Crippen LogP contribution in [0.25, 0.3) is 0 Å². The van der Waals surface area contributed by atoms with Crippen LogP contribution in [0.2, 0.25) is 0 Å². The van der Waals surface area contributed by atoms with Crippen molar-refractivity contribution in [3.8, 4) is 17.6 Å². The zero-order valence-electron chi connectivity index (χ0n) is 9.48. The molecule has 96 valence electrons. The highest BCUT2D eigenvalue weighted by Gasteiger charge is 2.32. The van der Waals surface area contributed by atoms with Crippen molar-refractivity contribution in [2.45, 2.75) is 6.18 Å². The zero-order valence-corrected chi connectivity index (χ0v) is 9.48. The molecule has 0 unspecified atom stereocenters. The van der Waals surface area contributed by atoms with Gasteiger partial charge in [-0.25, -0.2) is 4.98 Å². The van der Waals surface area contributed by atoms with E-state index in [0.29, 0.717) is 11.3 Å². The minimum absolute atomic E-state index is 0.192. The third kappa shape index (κ3) is 3.22. The molecule has 3 nitrogen and oxygen atoms in total. The summed E-state index contributed by atoms with van der Waals surface area (Å²) in [7, 11) is 0. The zero-order chi connectivity index (χ0) is 13.9. The molecule has 0 saturated heterocycles. The Kier molecular flexibility index (Phi) is 3.38. The standard InChI is InChI=1S/C13H7F3N2O/c14-13(15,16)12-6-5-11(8-18-12)19-10-3-1-9(7-17)2-4-10/h1-6,8H. The van der Waals surface area contributed by atoms with Gasteiger partial charge in [-0.2, -0.15) is 18.4 Å². The molecule has 0 bridgehead atoms. The monoisotopic (exact) mass is 264 g/mol. The molecule has 2 rings (SSSR count). The molecule has 2 aromatic rings. The molecule has 0 saturated carbocycles. The van der Waals surface area contributed by atoms with Crippen molar-refractivity contribution in [1.29, 1.82) is 5.26 Å². The summed E-state index contributed by atoms with van der Waals surface area (Å²) in [5.41, 5.74) is -0.502. The van der Waals surface area contributed by atoms with Crippen LogP contribution in [0.15, 0.2) is 42.6 Å². The lowest BCUT2D eigenvalue weighted by molar-refractivity contribution is -0.141. The van der Waals surface area contributed by atoms with Crippen LogP contribution in [-0.2, 0) is 6.18 Å². The molecule has 1 heterocycles. The first-order valence-electron chi connectivity index (χ1n) is 5.20. The Bertz CT molecular complexity index is 598. The van der Waals surface area contributed by atoms with Crippen molar-refractivity contribution in [3.05, 3.63) is 53.9 Å². The van der Waals surface area contributed by atoms with E-state index >= 15 is 0 Å². The highest BCUT2D eigenvalue weighted by molar-refractivity contribution is 5.37. The highest BCUT2D eigenvalue weighted by Crippen LogP contribution is 2.29. The number of halogens is 3. The Labute approximate surface area is 106 Å². The van der Waals surface area contributed by atoms with Gasteiger partial charge in [-0.15, -0.1) is 0 Å². The fourth-order valence-corrected chi connectivity index (χ4v) is 1.34. The smallest absolute Gasteiger partial charge is 0.433 e. The molecule has 6 heteroatoms. The third-order valence-electron chi connectivity index (χ3n) is 2.25. The molecule has 0 aliphatic heterocycles. The third-order valence-corrected chi connectivity index (χ3v) is 2.25. The van der Waals surface area contributed by atoms with Crippen LogP contribution in [0.4, 0.5) is 13.2 Å². The second-order valence-electron chi connectivity index (χ2n) is 3.62. The number of nitriles is 1. The minimum Gasteiger partial charge on any atom is -0.456 e. The lowest BCUT2D eigenvalue weighted by Gasteiger charge is -2.08. The summed E-state index contributed by atoms with van der Waals surface area (Å²) in [6.07, 6.45) is -3.46. The van der Waals surface area contributed by atoms with E-state index in [1.54, 1.807) is 24.3 Å². The Hall–Kier alpha value is -2.55. The molecule has 19 heavy (non-hydrogen) atoms. The normalized spacial score (nSPS) is 10.8. The average molecular weight is 264 g/mol. The minimum atomic E-state index is -4.47. The Morgan fingerprint density at radius 3 is 2.11 bits per heavy atom. The number of alkyl halides is 3. The number of ether oxygens (including phenoxy) is 1. The van der Waals surface area contributed by atoms with E-state index in [9.17, 15) is 13.2 Å². The summed E-state index contributed by atoms with van der Waals surface area (Å²) in [6, 6.07) is 10.2. The van der Waals surface area contributed by atoms with Gasteiger partial charge in [-0.1, -0.05) is 0 Å². The Morgan fingerprint density at radius 1 is 1.00 bits per heavy atom. The van der Waals surface area contributed by atoms with Crippen molar-refractivity contribution in [2.24, 2.45) is 0 Å². The SMILES string of the molecule is N#Cc1ccc(Oc2ccc(C(F)(F)F)nc2)cc1. The maximum atomic E-state index is 12.3. The molecule has 0 radical (unpaired) electrons. The van der Waals surface area contributed by atoms with Crippen LogP contribution in [-0.4, -0.2) is 4.98 Å². The average Bonchev–Trinajstić information content (AvgIpc) is 2.39. The van der Waals surface area contributed by atoms with E-state index in [1.165, 1.54) is 6.07 Å². The van der Waals surface area contributed by atoms with E-state index in [2.05, 4.69) is 4.98 Å². The first-order chi connectivity index (χ1) is 8.99. The molecular weight excluding hydrogens is 257 g/mol. The van der Waals surface area contributed by atoms with E-state index < -0.39 is 11.9 Å². The summed E-state index contributed by atoms with van der Waals surface area (Å²) >= 11 is 0. The van der Waals surface area contributed by atoms with Crippen molar-refractivity contribution in [3.63, 3.8) is 0 Å². The quantitative estimate of drug-likeness (QED) is 0.829. The van der Waals surface area contributed by atoms with Crippen LogP contribution in [0, 0.1) is 11.3 Å². The number of benzene rings is 1. The summed E-state index contributed by atoms with van der Waals surface area (Å²) in [5, 5.41) is 8.62.